The van der Waals surface area contributed by atoms with Crippen molar-refractivity contribution in [2.75, 3.05) is 0 Å². The Kier molecular flexibility index (Phi) is 12.7. The Morgan fingerprint density at radius 3 is 1.05 bits per heavy atom. The second kappa shape index (κ2) is 22.4. The zero-order valence-corrected chi connectivity index (χ0v) is 53.3. The lowest BCUT2D eigenvalue weighted by Gasteiger charge is -2.19. The maximum absolute atomic E-state index is 6.89. The first-order chi connectivity index (χ1) is 48.6. The number of furan rings is 2. The summed E-state index contributed by atoms with van der Waals surface area (Å²) in [7, 11) is 0. The molecule has 0 fully saturated rings. The second-order valence-corrected chi connectivity index (χ2v) is 26.0. The van der Waals surface area contributed by atoms with Gasteiger partial charge in [-0.1, -0.05) is 303 Å². The molecule has 0 spiro atoms. The summed E-state index contributed by atoms with van der Waals surface area (Å²) in [5.74, 6) is 0. The van der Waals surface area contributed by atoms with E-state index >= 15 is 0 Å². The predicted molar refractivity (Wildman–Crippen MR) is 415 cm³/mol. The van der Waals surface area contributed by atoms with Crippen LogP contribution in [0.5, 0.6) is 0 Å². The second-order valence-electron chi connectivity index (χ2n) is 26.0. The normalized spacial score (nSPS) is 11.9. The molecule has 0 atom stereocenters. The van der Waals surface area contributed by atoms with E-state index in [0.717, 1.165) is 83.0 Å². The van der Waals surface area contributed by atoms with Crippen molar-refractivity contribution in [3.63, 3.8) is 0 Å². The van der Waals surface area contributed by atoms with Gasteiger partial charge in [0.05, 0.1) is 0 Å². The van der Waals surface area contributed by atoms with Gasteiger partial charge in [-0.3, -0.25) is 0 Å². The number of hydrogen-bond donors (Lipinski definition) is 0. The molecule has 0 radical (unpaired) electrons. The molecule has 0 amide bonds. The van der Waals surface area contributed by atoms with Crippen molar-refractivity contribution in [1.29, 1.82) is 0 Å². The van der Waals surface area contributed by atoms with Gasteiger partial charge in [-0.15, -0.1) is 0 Å². The van der Waals surface area contributed by atoms with Crippen molar-refractivity contribution < 1.29 is 8.83 Å². The summed E-state index contributed by atoms with van der Waals surface area (Å²) in [5.41, 5.74) is 24.9. The van der Waals surface area contributed by atoms with Crippen LogP contribution in [-0.4, -0.2) is 0 Å². The highest BCUT2D eigenvalue weighted by Crippen LogP contribution is 2.50. The van der Waals surface area contributed by atoms with Crippen LogP contribution in [0.25, 0.3) is 209 Å². The van der Waals surface area contributed by atoms with E-state index in [9.17, 15) is 0 Å². The Hall–Kier alpha value is -12.9. The molecule has 0 unspecified atom stereocenters. The van der Waals surface area contributed by atoms with Gasteiger partial charge in [-0.05, 0) is 213 Å². The van der Waals surface area contributed by atoms with Crippen LogP contribution in [0.15, 0.2) is 361 Å². The molecule has 454 valence electrons. The van der Waals surface area contributed by atoms with Gasteiger partial charge in [0.2, 0.25) is 0 Å². The van der Waals surface area contributed by atoms with Crippen LogP contribution in [0.2, 0.25) is 0 Å². The molecule has 0 aliphatic carbocycles. The fraction of sp³-hybridized carbons (Fsp3) is 0. The van der Waals surface area contributed by atoms with Crippen LogP contribution >= 0.6 is 0 Å². The molecular weight excluding hydrogens is 1190 g/mol. The summed E-state index contributed by atoms with van der Waals surface area (Å²) < 4.78 is 13.3. The number of rotatable bonds is 9. The number of benzene rings is 18. The van der Waals surface area contributed by atoms with Gasteiger partial charge in [0.25, 0.3) is 0 Å². The highest BCUT2D eigenvalue weighted by Gasteiger charge is 2.23. The summed E-state index contributed by atoms with van der Waals surface area (Å²) >= 11 is 0. The third kappa shape index (κ3) is 8.89. The summed E-state index contributed by atoms with van der Waals surface area (Å²) in [6, 6.07) is 129. The first kappa shape index (κ1) is 55.6. The molecule has 20 rings (SSSR count). The van der Waals surface area contributed by atoms with Crippen molar-refractivity contribution >= 4 is 109 Å². The van der Waals surface area contributed by atoms with Crippen molar-refractivity contribution in [3.8, 4) is 100 Å². The smallest absolute Gasteiger partial charge is 0.136 e. The summed E-state index contributed by atoms with van der Waals surface area (Å²) in [4.78, 5) is 0. The summed E-state index contributed by atoms with van der Waals surface area (Å²) in [6.45, 7) is 0. The lowest BCUT2D eigenvalue weighted by molar-refractivity contribution is 0.669. The standard InChI is InChI=1S/C96H58O2/c1-2-20-61(21-3-1)71-27-6-8-30-74(71)94-82-38-16-14-36-80(82)92(81-37-15-17-39-83(81)94)64-46-42-60(43-47-64)68-50-52-88-86(57-68)96-75-31-9-7-29-73(75)84(58-90(96)98-88)69-25-18-23-65(54-69)66-24-19-26-70(55-66)93-78-34-12-10-32-76(78)91(77-33-11-13-35-79(77)93)63-44-40-59(41-45-63)67-49-51-87-85(56-67)95-72-28-5-4-22-62(72)48-53-89(95)97-87/h1-58H. The third-order valence-electron chi connectivity index (χ3n) is 20.7. The van der Waals surface area contributed by atoms with Gasteiger partial charge in [-0.25, -0.2) is 0 Å². The predicted octanol–water partition coefficient (Wildman–Crippen LogP) is 27.4. The first-order valence-corrected chi connectivity index (χ1v) is 33.8. The molecule has 0 aliphatic rings. The zero-order chi connectivity index (χ0) is 64.4. The minimum Gasteiger partial charge on any atom is -0.456 e. The lowest BCUT2D eigenvalue weighted by Crippen LogP contribution is -1.92. The minimum absolute atomic E-state index is 0.869. The highest BCUT2D eigenvalue weighted by atomic mass is 16.3. The molecule has 2 nitrogen and oxygen atoms in total. The molecule has 2 heterocycles. The number of hydrogen-bond acceptors (Lipinski definition) is 2. The van der Waals surface area contributed by atoms with E-state index < -0.39 is 0 Å². The van der Waals surface area contributed by atoms with Crippen molar-refractivity contribution in [2.24, 2.45) is 0 Å². The Morgan fingerprint density at radius 2 is 0.500 bits per heavy atom. The maximum Gasteiger partial charge on any atom is 0.136 e. The molecule has 0 N–H and O–H groups in total. The Morgan fingerprint density at radius 1 is 0.143 bits per heavy atom. The Balaban J connectivity index is 0.632. The van der Waals surface area contributed by atoms with Crippen LogP contribution < -0.4 is 0 Å². The first-order valence-electron chi connectivity index (χ1n) is 33.8. The van der Waals surface area contributed by atoms with Crippen LogP contribution in [0, 0.1) is 0 Å². The monoisotopic (exact) mass is 1240 g/mol. The van der Waals surface area contributed by atoms with Crippen LogP contribution in [0.1, 0.15) is 0 Å². The fourth-order valence-corrected chi connectivity index (χ4v) is 16.2. The Bertz CT molecular complexity index is 6530. The van der Waals surface area contributed by atoms with Gasteiger partial charge in [0.15, 0.2) is 0 Å². The van der Waals surface area contributed by atoms with E-state index in [-0.39, 0.29) is 0 Å². The van der Waals surface area contributed by atoms with Crippen molar-refractivity contribution in [1.82, 2.24) is 0 Å². The summed E-state index contributed by atoms with van der Waals surface area (Å²) in [6.07, 6.45) is 0. The fourth-order valence-electron chi connectivity index (χ4n) is 16.2. The van der Waals surface area contributed by atoms with Crippen molar-refractivity contribution in [3.05, 3.63) is 352 Å². The molecule has 0 saturated carbocycles. The average Bonchev–Trinajstić information content (AvgIpc) is 0.778. The maximum atomic E-state index is 6.89. The van der Waals surface area contributed by atoms with E-state index in [1.165, 1.54) is 126 Å². The van der Waals surface area contributed by atoms with Gasteiger partial charge in [0.1, 0.15) is 22.3 Å². The van der Waals surface area contributed by atoms with Gasteiger partial charge in [-0.2, -0.15) is 0 Å². The topological polar surface area (TPSA) is 26.3 Å². The molecule has 98 heavy (non-hydrogen) atoms. The van der Waals surface area contributed by atoms with E-state index in [2.05, 4.69) is 352 Å². The minimum atomic E-state index is 0.869. The van der Waals surface area contributed by atoms with Gasteiger partial charge < -0.3 is 8.83 Å². The van der Waals surface area contributed by atoms with Crippen LogP contribution in [0.3, 0.4) is 0 Å². The largest absolute Gasteiger partial charge is 0.456 e. The third-order valence-corrected chi connectivity index (χ3v) is 20.7. The Labute approximate surface area is 565 Å². The van der Waals surface area contributed by atoms with E-state index in [0.29, 0.717) is 0 Å². The highest BCUT2D eigenvalue weighted by molar-refractivity contribution is 6.26. The van der Waals surface area contributed by atoms with Gasteiger partial charge in [0, 0.05) is 21.5 Å². The summed E-state index contributed by atoms with van der Waals surface area (Å²) in [5, 5.41) is 19.1. The molecular formula is C96H58O2. The van der Waals surface area contributed by atoms with Crippen LogP contribution in [0.4, 0.5) is 0 Å². The molecule has 20 aromatic rings. The molecule has 2 aromatic heterocycles. The van der Waals surface area contributed by atoms with E-state index in [1.54, 1.807) is 0 Å². The molecule has 0 saturated heterocycles. The molecule has 0 aliphatic heterocycles. The van der Waals surface area contributed by atoms with E-state index in [1.807, 2.05) is 0 Å². The average molecular weight is 1240 g/mol. The number of fused-ring (bicyclic) bond motifs is 14. The SMILES string of the molecule is c1ccc(-c2ccccc2-c2c3ccccc3c(-c3ccc(-c4ccc5oc6cc(-c7cccc(-c8cccc(-c9c%10ccccc%10c(-c%10ccc(-c%11ccc%12oc%13ccc%14ccccc%14c%13c%12c%11)cc%10)c%10ccccc9%10)c8)c7)c7ccccc7c6c5c4)cc3)c3ccccc23)cc1. The molecule has 18 aromatic carbocycles. The molecule has 0 bridgehead atoms. The van der Waals surface area contributed by atoms with E-state index in [4.69, 9.17) is 8.83 Å². The lowest BCUT2D eigenvalue weighted by atomic mass is 9.83. The van der Waals surface area contributed by atoms with Crippen LogP contribution in [-0.2, 0) is 0 Å². The van der Waals surface area contributed by atoms with Gasteiger partial charge >= 0.3 is 0 Å². The quantitative estimate of drug-likeness (QED) is 0.135. The molecule has 2 heteroatoms. The van der Waals surface area contributed by atoms with Crippen molar-refractivity contribution in [2.45, 2.75) is 0 Å². The zero-order valence-electron chi connectivity index (χ0n) is 53.3.